The van der Waals surface area contributed by atoms with E-state index in [1.165, 1.54) is 12.1 Å². The van der Waals surface area contributed by atoms with Crippen molar-refractivity contribution in [2.45, 2.75) is 19.3 Å². The highest BCUT2D eigenvalue weighted by Gasteiger charge is 2.30. The first-order chi connectivity index (χ1) is 18.9. The standard InChI is InChI=1S/C28H21F3N8/c29-28(30,31)21-7-5-18(6-8-21)16-39-17-35-24-25(34-15-19-3-1-11-32-14-19)37-27(38-26(24)39)36-22-9-10-23-20(13-22)4-2-12-33-23/h1-14,17H,15-16H2,(H2,34,36,37,38). The highest BCUT2D eigenvalue weighted by Crippen LogP contribution is 2.30. The van der Waals surface area contributed by atoms with Gasteiger partial charge in [0.25, 0.3) is 0 Å². The Kier molecular flexibility index (Phi) is 6.23. The maximum absolute atomic E-state index is 13.0. The van der Waals surface area contributed by atoms with Gasteiger partial charge in [-0.3, -0.25) is 9.97 Å². The lowest BCUT2D eigenvalue weighted by Crippen LogP contribution is -2.08. The summed E-state index contributed by atoms with van der Waals surface area (Å²) in [5, 5.41) is 7.55. The van der Waals surface area contributed by atoms with E-state index in [9.17, 15) is 13.2 Å². The summed E-state index contributed by atoms with van der Waals surface area (Å²) < 4.78 is 40.8. The molecular weight excluding hydrogens is 505 g/mol. The molecule has 6 rings (SSSR count). The number of nitrogens with zero attached hydrogens (tertiary/aromatic N) is 6. The van der Waals surface area contributed by atoms with E-state index in [1.807, 2.05) is 42.5 Å². The van der Waals surface area contributed by atoms with Crippen molar-refractivity contribution in [3.63, 3.8) is 0 Å². The highest BCUT2D eigenvalue weighted by molar-refractivity contribution is 5.86. The fraction of sp³-hybridized carbons (Fsp3) is 0.107. The third-order valence-electron chi connectivity index (χ3n) is 6.14. The van der Waals surface area contributed by atoms with Crippen molar-refractivity contribution >= 4 is 39.5 Å². The number of aromatic nitrogens is 6. The number of fused-ring (bicyclic) bond motifs is 2. The summed E-state index contributed by atoms with van der Waals surface area (Å²) in [5.74, 6) is 0.855. The highest BCUT2D eigenvalue weighted by atomic mass is 19.4. The van der Waals surface area contributed by atoms with Crippen LogP contribution in [0.25, 0.3) is 22.1 Å². The molecular formula is C28H21F3N8. The molecule has 0 atom stereocenters. The second-order valence-electron chi connectivity index (χ2n) is 8.89. The molecule has 8 nitrogen and oxygen atoms in total. The van der Waals surface area contributed by atoms with Crippen LogP contribution in [0, 0.1) is 0 Å². The number of benzene rings is 2. The maximum atomic E-state index is 13.0. The maximum Gasteiger partial charge on any atom is 0.416 e. The van der Waals surface area contributed by atoms with Crippen LogP contribution >= 0.6 is 0 Å². The second kappa shape index (κ2) is 10.0. The molecule has 2 N–H and O–H groups in total. The molecule has 0 radical (unpaired) electrons. The number of rotatable bonds is 7. The van der Waals surface area contributed by atoms with Crippen LogP contribution in [0.5, 0.6) is 0 Å². The van der Waals surface area contributed by atoms with Crippen LogP contribution in [0.4, 0.5) is 30.6 Å². The summed E-state index contributed by atoms with van der Waals surface area (Å²) in [7, 11) is 0. The molecule has 0 saturated carbocycles. The number of alkyl halides is 3. The third kappa shape index (κ3) is 5.33. The Morgan fingerprint density at radius 1 is 0.846 bits per heavy atom. The van der Waals surface area contributed by atoms with Crippen molar-refractivity contribution in [2.75, 3.05) is 10.6 Å². The summed E-state index contributed by atoms with van der Waals surface area (Å²) in [6, 6.07) is 18.5. The number of pyridine rings is 2. The van der Waals surface area contributed by atoms with Gasteiger partial charge in [-0.05, 0) is 53.6 Å². The number of imidazole rings is 1. The molecule has 0 aliphatic heterocycles. The smallest absolute Gasteiger partial charge is 0.364 e. The molecule has 4 aromatic heterocycles. The van der Waals surface area contributed by atoms with Crippen molar-refractivity contribution in [1.82, 2.24) is 29.5 Å². The molecule has 0 amide bonds. The van der Waals surface area contributed by atoms with Gasteiger partial charge in [0, 0.05) is 36.2 Å². The Morgan fingerprint density at radius 2 is 1.69 bits per heavy atom. The zero-order valence-corrected chi connectivity index (χ0v) is 20.4. The minimum absolute atomic E-state index is 0.286. The summed E-state index contributed by atoms with van der Waals surface area (Å²) in [4.78, 5) is 22.4. The van der Waals surface area contributed by atoms with Crippen LogP contribution in [0.3, 0.4) is 0 Å². The molecule has 0 unspecified atom stereocenters. The molecule has 0 saturated heterocycles. The predicted octanol–water partition coefficient (Wildman–Crippen LogP) is 6.19. The Balaban J connectivity index is 1.35. The number of nitrogens with one attached hydrogen (secondary N) is 2. The third-order valence-corrected chi connectivity index (χ3v) is 6.14. The lowest BCUT2D eigenvalue weighted by molar-refractivity contribution is -0.137. The summed E-state index contributed by atoms with van der Waals surface area (Å²) >= 11 is 0. The minimum Gasteiger partial charge on any atom is -0.364 e. The lowest BCUT2D eigenvalue weighted by atomic mass is 10.1. The quantitative estimate of drug-likeness (QED) is 0.256. The molecule has 0 bridgehead atoms. The van der Waals surface area contributed by atoms with Crippen LogP contribution in [-0.2, 0) is 19.3 Å². The predicted molar refractivity (Wildman–Crippen MR) is 142 cm³/mol. The number of anilines is 3. The zero-order valence-electron chi connectivity index (χ0n) is 20.4. The summed E-state index contributed by atoms with van der Waals surface area (Å²) in [5.41, 5.74) is 3.67. The van der Waals surface area contributed by atoms with Gasteiger partial charge < -0.3 is 15.2 Å². The van der Waals surface area contributed by atoms with Gasteiger partial charge in [0.1, 0.15) is 0 Å². The van der Waals surface area contributed by atoms with E-state index in [2.05, 4.69) is 30.6 Å². The van der Waals surface area contributed by atoms with Gasteiger partial charge in [0.15, 0.2) is 17.0 Å². The SMILES string of the molecule is FC(F)(F)c1ccc(Cn2cnc3c(NCc4cccnc4)nc(Nc4ccc5ncccc5c4)nc32)cc1. The molecule has 2 aromatic carbocycles. The topological polar surface area (TPSA) is 93.4 Å². The van der Waals surface area contributed by atoms with Crippen LogP contribution in [0.15, 0.2) is 91.6 Å². The molecule has 4 heterocycles. The van der Waals surface area contributed by atoms with Crippen molar-refractivity contribution < 1.29 is 13.2 Å². The Labute approximate surface area is 220 Å². The van der Waals surface area contributed by atoms with Gasteiger partial charge >= 0.3 is 6.18 Å². The van der Waals surface area contributed by atoms with E-state index < -0.39 is 11.7 Å². The molecule has 0 aliphatic carbocycles. The van der Waals surface area contributed by atoms with E-state index in [-0.39, 0.29) is 6.54 Å². The Bertz CT molecular complexity index is 1750. The molecule has 39 heavy (non-hydrogen) atoms. The molecule has 194 valence electrons. The van der Waals surface area contributed by atoms with Crippen molar-refractivity contribution in [3.05, 3.63) is 108 Å². The van der Waals surface area contributed by atoms with Crippen LogP contribution in [0.2, 0.25) is 0 Å². The van der Waals surface area contributed by atoms with Gasteiger partial charge in [0.2, 0.25) is 5.95 Å². The Morgan fingerprint density at radius 3 is 2.49 bits per heavy atom. The van der Waals surface area contributed by atoms with E-state index in [0.29, 0.717) is 35.0 Å². The molecule has 0 spiro atoms. The largest absolute Gasteiger partial charge is 0.416 e. The van der Waals surface area contributed by atoms with Gasteiger partial charge in [0.05, 0.1) is 24.0 Å². The molecule has 11 heteroatoms. The minimum atomic E-state index is -4.39. The molecule has 6 aromatic rings. The number of hydrogen-bond donors (Lipinski definition) is 2. The Hall–Kier alpha value is -5.06. The van der Waals surface area contributed by atoms with Gasteiger partial charge in [-0.15, -0.1) is 0 Å². The first kappa shape index (κ1) is 24.3. The van der Waals surface area contributed by atoms with E-state index in [1.54, 1.807) is 29.5 Å². The van der Waals surface area contributed by atoms with Crippen molar-refractivity contribution in [2.24, 2.45) is 0 Å². The zero-order chi connectivity index (χ0) is 26.8. The fourth-order valence-corrected chi connectivity index (χ4v) is 4.21. The van der Waals surface area contributed by atoms with Crippen LogP contribution in [0.1, 0.15) is 16.7 Å². The summed E-state index contributed by atoms with van der Waals surface area (Å²) in [6.45, 7) is 0.752. The van der Waals surface area contributed by atoms with Gasteiger partial charge in [-0.25, -0.2) is 4.98 Å². The lowest BCUT2D eigenvalue weighted by Gasteiger charge is -2.12. The van der Waals surface area contributed by atoms with E-state index in [0.717, 1.165) is 34.3 Å². The first-order valence-electron chi connectivity index (χ1n) is 12.1. The average Bonchev–Trinajstić information content (AvgIpc) is 3.34. The average molecular weight is 527 g/mol. The fourth-order valence-electron chi connectivity index (χ4n) is 4.21. The second-order valence-corrected chi connectivity index (χ2v) is 8.89. The van der Waals surface area contributed by atoms with Crippen molar-refractivity contribution in [1.29, 1.82) is 0 Å². The van der Waals surface area contributed by atoms with Crippen molar-refractivity contribution in [3.8, 4) is 0 Å². The van der Waals surface area contributed by atoms with E-state index >= 15 is 0 Å². The van der Waals surface area contributed by atoms with Gasteiger partial charge in [-0.1, -0.05) is 24.3 Å². The normalized spacial score (nSPS) is 11.7. The first-order valence-corrected chi connectivity index (χ1v) is 12.1. The van der Waals surface area contributed by atoms with Crippen LogP contribution in [-0.4, -0.2) is 29.5 Å². The molecule has 0 aliphatic rings. The van der Waals surface area contributed by atoms with Gasteiger partial charge in [-0.2, -0.15) is 23.1 Å². The monoisotopic (exact) mass is 526 g/mol. The number of hydrogen-bond acceptors (Lipinski definition) is 7. The molecule has 0 fully saturated rings. The number of halogens is 3. The van der Waals surface area contributed by atoms with E-state index in [4.69, 9.17) is 4.98 Å². The van der Waals surface area contributed by atoms with Crippen LogP contribution < -0.4 is 10.6 Å². The summed E-state index contributed by atoms with van der Waals surface area (Å²) in [6.07, 6.45) is 2.43.